The Balaban J connectivity index is 0.978. The summed E-state index contributed by atoms with van der Waals surface area (Å²) in [6.45, 7) is 1.58. The molecule has 258 valence electrons. The van der Waals surface area contributed by atoms with Crippen LogP contribution >= 0.6 is 0 Å². The fourth-order valence-corrected chi connectivity index (χ4v) is 6.37. The maximum atomic E-state index is 15.5. The van der Waals surface area contributed by atoms with Crippen LogP contribution in [0.2, 0.25) is 0 Å². The van der Waals surface area contributed by atoms with Crippen LogP contribution in [0.3, 0.4) is 0 Å². The van der Waals surface area contributed by atoms with E-state index in [2.05, 4.69) is 5.32 Å². The van der Waals surface area contributed by atoms with Crippen LogP contribution in [0.25, 0.3) is 17.0 Å². The Bertz CT molecular complexity index is 2090. The minimum Gasteiger partial charge on any atom is -0.477 e. The van der Waals surface area contributed by atoms with Crippen molar-refractivity contribution in [2.45, 2.75) is 25.0 Å². The molecular weight excluding hydrogens is 655 g/mol. The highest BCUT2D eigenvalue weighted by Gasteiger charge is 2.33. The summed E-state index contributed by atoms with van der Waals surface area (Å²) in [5.41, 5.74) is 0.907. The van der Waals surface area contributed by atoms with Crippen molar-refractivity contribution in [1.29, 1.82) is 0 Å². The molecule has 2 saturated heterocycles. The van der Waals surface area contributed by atoms with Crippen molar-refractivity contribution < 1.29 is 37.4 Å². The van der Waals surface area contributed by atoms with Gasteiger partial charge in [-0.2, -0.15) is 0 Å². The number of hydrogen-bond acceptors (Lipinski definition) is 7. The first-order valence-electron chi connectivity index (χ1n) is 16.2. The number of carbonyl (C=O) groups is 3. The fourth-order valence-electron chi connectivity index (χ4n) is 6.37. The van der Waals surface area contributed by atoms with E-state index >= 15 is 8.78 Å². The van der Waals surface area contributed by atoms with Gasteiger partial charge in [-0.15, -0.1) is 0 Å². The molecule has 2 amide bonds. The van der Waals surface area contributed by atoms with Crippen molar-refractivity contribution in [2.24, 2.45) is 0 Å². The summed E-state index contributed by atoms with van der Waals surface area (Å²) in [4.78, 5) is 54.3. The number of ether oxygens (including phenoxy) is 1. The Morgan fingerprint density at radius 1 is 0.900 bits per heavy atom. The van der Waals surface area contributed by atoms with Crippen molar-refractivity contribution in [3.05, 3.63) is 106 Å². The van der Waals surface area contributed by atoms with Crippen molar-refractivity contribution in [3.63, 3.8) is 0 Å². The summed E-state index contributed by atoms with van der Waals surface area (Å²) < 4.78 is 51.1. The summed E-state index contributed by atoms with van der Waals surface area (Å²) in [5, 5.41) is 12.2. The Morgan fingerprint density at radius 3 is 2.24 bits per heavy atom. The summed E-state index contributed by atoms with van der Waals surface area (Å²) in [5.74, 6) is -3.35. The van der Waals surface area contributed by atoms with Gasteiger partial charge in [0.25, 0.3) is 0 Å². The zero-order valence-electron chi connectivity index (χ0n) is 26.7. The van der Waals surface area contributed by atoms with E-state index in [4.69, 9.17) is 4.74 Å². The molecule has 3 heterocycles. The van der Waals surface area contributed by atoms with E-state index in [1.54, 1.807) is 22.8 Å². The molecule has 14 heteroatoms. The first-order chi connectivity index (χ1) is 24.0. The van der Waals surface area contributed by atoms with E-state index in [1.807, 2.05) is 9.80 Å². The van der Waals surface area contributed by atoms with E-state index in [9.17, 15) is 28.7 Å². The number of pyridine rings is 1. The minimum atomic E-state index is -1.35. The smallest absolute Gasteiger partial charge is 0.414 e. The third-order valence-electron chi connectivity index (χ3n) is 9.15. The molecule has 2 aliphatic heterocycles. The molecule has 1 unspecified atom stereocenters. The number of carboxylic acid groups (broad SMARTS) is 1. The maximum Gasteiger partial charge on any atom is 0.414 e. The monoisotopic (exact) mass is 687 g/mol. The van der Waals surface area contributed by atoms with Gasteiger partial charge in [0.15, 0.2) is 0 Å². The van der Waals surface area contributed by atoms with E-state index < -0.39 is 46.7 Å². The van der Waals surface area contributed by atoms with Crippen LogP contribution < -0.4 is 25.4 Å². The lowest BCUT2D eigenvalue weighted by molar-refractivity contribution is -0.116. The first-order valence-corrected chi connectivity index (χ1v) is 16.2. The van der Waals surface area contributed by atoms with Crippen LogP contribution in [0.4, 0.5) is 35.0 Å². The number of anilines is 3. The number of carbonyl (C=O) groups excluding carboxylic acids is 2. The highest BCUT2D eigenvalue weighted by molar-refractivity contribution is 5.94. The van der Waals surface area contributed by atoms with Gasteiger partial charge in [0, 0.05) is 49.9 Å². The van der Waals surface area contributed by atoms with Crippen molar-refractivity contribution in [2.75, 3.05) is 54.0 Å². The first kappa shape index (κ1) is 32.7. The summed E-state index contributed by atoms with van der Waals surface area (Å²) >= 11 is 0. The molecule has 3 aliphatic rings. The normalized spacial score (nSPS) is 17.9. The Labute approximate surface area is 283 Å². The number of fused-ring (bicyclic) bond motifs is 1. The van der Waals surface area contributed by atoms with Crippen molar-refractivity contribution in [1.82, 2.24) is 9.88 Å². The van der Waals surface area contributed by atoms with Gasteiger partial charge in [-0.25, -0.2) is 22.8 Å². The maximum absolute atomic E-state index is 15.5. The lowest BCUT2D eigenvalue weighted by Gasteiger charge is -2.37. The van der Waals surface area contributed by atoms with Gasteiger partial charge >= 0.3 is 12.1 Å². The number of piperazine rings is 1. The molecule has 1 atom stereocenters. The molecule has 7 rings (SSSR count). The number of amides is 2. The molecule has 0 bridgehead atoms. The van der Waals surface area contributed by atoms with Gasteiger partial charge < -0.3 is 29.5 Å². The minimum absolute atomic E-state index is 0.0208. The number of nitrogens with zero attached hydrogens (tertiary/aromatic N) is 4. The number of aromatic carboxylic acids is 1. The molecule has 3 fully saturated rings. The summed E-state index contributed by atoms with van der Waals surface area (Å²) in [7, 11) is 0. The lowest BCUT2D eigenvalue weighted by atomic mass is 10.1. The van der Waals surface area contributed by atoms with Crippen LogP contribution in [0, 0.1) is 17.5 Å². The van der Waals surface area contributed by atoms with Gasteiger partial charge in [-0.05, 0) is 66.9 Å². The molecule has 1 aromatic heterocycles. The number of cyclic esters (lactones) is 1. The van der Waals surface area contributed by atoms with E-state index in [0.29, 0.717) is 48.6 Å². The number of nitrogens with one attached hydrogen (secondary N) is 1. The number of halogens is 3. The molecule has 4 aromatic rings. The molecule has 0 spiro atoms. The van der Waals surface area contributed by atoms with Crippen LogP contribution in [-0.2, 0) is 9.53 Å². The highest BCUT2D eigenvalue weighted by Crippen LogP contribution is 2.38. The number of hydrogen-bond donors (Lipinski definition) is 2. The van der Waals surface area contributed by atoms with Crippen LogP contribution in [0.15, 0.2) is 71.7 Å². The second kappa shape index (κ2) is 13.3. The number of carboxylic acids is 1. The Morgan fingerprint density at radius 2 is 1.58 bits per heavy atom. The Hall–Kier alpha value is -5.79. The molecule has 50 heavy (non-hydrogen) atoms. The van der Waals surface area contributed by atoms with E-state index in [-0.39, 0.29) is 36.0 Å². The van der Waals surface area contributed by atoms with E-state index in [0.717, 1.165) is 18.9 Å². The topological polar surface area (TPSA) is 124 Å². The van der Waals surface area contributed by atoms with Crippen LogP contribution in [0.1, 0.15) is 34.8 Å². The standard InChI is InChI=1S/C36H32F3N5O6/c37-22-4-1-21(2-5-22)3-10-33(45)40-18-25-19-44(36(49)50-25)24-8-9-30(28(38)15-24)41-11-13-42(14-12-41)32-17-31-26(16-29(32)39)34(46)27(35(47)48)20-43(31)23-6-7-23/h1-5,8-10,15-17,20,23,25H,6-7,11-14,18-19H2,(H,40,45)(H,47,48)/b10-3+. The number of aromatic nitrogens is 1. The average Bonchev–Trinajstić information content (AvgIpc) is 3.88. The lowest BCUT2D eigenvalue weighted by Crippen LogP contribution is -2.47. The fraction of sp³-hybridized carbons (Fsp3) is 0.278. The number of benzene rings is 3. The summed E-state index contributed by atoms with van der Waals surface area (Å²) in [6.07, 6.45) is 4.51. The second-order valence-corrected chi connectivity index (χ2v) is 12.5. The SMILES string of the molecule is O=C(/C=C/c1ccc(F)cc1)NCC1CN(c2ccc(N3CCN(c4cc5c(cc4F)c(=O)c(C(=O)O)cn5C4CC4)CC3)c(F)c2)C(=O)O1. The van der Waals surface area contributed by atoms with Gasteiger partial charge in [-0.1, -0.05) is 12.1 Å². The quantitative estimate of drug-likeness (QED) is 0.238. The van der Waals surface area contributed by atoms with Crippen LogP contribution in [-0.4, -0.2) is 73.0 Å². The second-order valence-electron chi connectivity index (χ2n) is 12.5. The molecular formula is C36H32F3N5O6. The van der Waals surface area contributed by atoms with Gasteiger partial charge in [-0.3, -0.25) is 14.5 Å². The number of rotatable bonds is 9. The third kappa shape index (κ3) is 6.60. The largest absolute Gasteiger partial charge is 0.477 e. The predicted octanol–water partition coefficient (Wildman–Crippen LogP) is 4.93. The van der Waals surface area contributed by atoms with Crippen LogP contribution in [0.5, 0.6) is 0 Å². The van der Waals surface area contributed by atoms with Crippen molar-refractivity contribution >= 4 is 52.0 Å². The molecule has 0 radical (unpaired) electrons. The third-order valence-corrected chi connectivity index (χ3v) is 9.15. The van der Waals surface area contributed by atoms with Gasteiger partial charge in [0.2, 0.25) is 11.3 Å². The average molecular weight is 688 g/mol. The molecule has 1 aliphatic carbocycles. The van der Waals surface area contributed by atoms with Crippen molar-refractivity contribution in [3.8, 4) is 0 Å². The Kier molecular flexibility index (Phi) is 8.68. The zero-order chi connectivity index (χ0) is 35.1. The highest BCUT2D eigenvalue weighted by atomic mass is 19.1. The van der Waals surface area contributed by atoms with Gasteiger partial charge in [0.05, 0.1) is 35.7 Å². The molecule has 1 saturated carbocycles. The van der Waals surface area contributed by atoms with Gasteiger partial charge in [0.1, 0.15) is 29.1 Å². The molecule has 2 N–H and O–H groups in total. The summed E-state index contributed by atoms with van der Waals surface area (Å²) in [6, 6.07) is 12.8. The molecule has 11 nitrogen and oxygen atoms in total. The van der Waals surface area contributed by atoms with E-state index in [1.165, 1.54) is 53.6 Å². The molecule has 3 aromatic carbocycles. The zero-order valence-corrected chi connectivity index (χ0v) is 26.7. The predicted molar refractivity (Wildman–Crippen MR) is 180 cm³/mol.